The van der Waals surface area contributed by atoms with Crippen molar-refractivity contribution in [3.8, 4) is 0 Å². The van der Waals surface area contributed by atoms with Crippen LogP contribution in [0, 0.1) is 0 Å². The highest BCUT2D eigenvalue weighted by Gasteiger charge is 2.20. The average molecular weight is 312 g/mol. The van der Waals surface area contributed by atoms with Gasteiger partial charge in [0.15, 0.2) is 0 Å². The van der Waals surface area contributed by atoms with Crippen molar-refractivity contribution in [2.45, 2.75) is 17.9 Å². The third-order valence-electron chi connectivity index (χ3n) is 3.03. The van der Waals surface area contributed by atoms with Gasteiger partial charge in [0, 0.05) is 22.3 Å². The maximum absolute atomic E-state index is 12.3. The summed E-state index contributed by atoms with van der Waals surface area (Å²) < 4.78 is 0. The van der Waals surface area contributed by atoms with E-state index >= 15 is 0 Å². The second-order valence-corrected chi connectivity index (χ2v) is 6.18. The molecule has 2 rings (SSSR count). The van der Waals surface area contributed by atoms with Gasteiger partial charge in [0.25, 0.3) is 5.91 Å². The second kappa shape index (κ2) is 5.99. The van der Waals surface area contributed by atoms with E-state index in [2.05, 4.69) is 12.6 Å². The van der Waals surface area contributed by atoms with Gasteiger partial charge in [-0.25, -0.2) is 0 Å². The molecule has 0 aliphatic heterocycles. The molecule has 0 saturated carbocycles. The van der Waals surface area contributed by atoms with Gasteiger partial charge < -0.3 is 4.90 Å². The van der Waals surface area contributed by atoms with Crippen LogP contribution >= 0.6 is 35.6 Å². The minimum atomic E-state index is -0.0309. The van der Waals surface area contributed by atoms with E-state index in [-0.39, 0.29) is 11.9 Å². The zero-order chi connectivity index (χ0) is 14.0. The van der Waals surface area contributed by atoms with Crippen molar-refractivity contribution in [2.24, 2.45) is 0 Å². The van der Waals surface area contributed by atoms with Gasteiger partial charge in [-0.2, -0.15) is 0 Å². The number of hydrogen-bond acceptors (Lipinski definition) is 3. The lowest BCUT2D eigenvalue weighted by molar-refractivity contribution is 0.0747. The van der Waals surface area contributed by atoms with Crippen molar-refractivity contribution < 1.29 is 4.79 Å². The molecule has 2 aromatic rings. The van der Waals surface area contributed by atoms with Crippen LogP contribution in [-0.2, 0) is 0 Å². The van der Waals surface area contributed by atoms with E-state index in [0.717, 1.165) is 10.5 Å². The Hall–Kier alpha value is -0.970. The van der Waals surface area contributed by atoms with Crippen molar-refractivity contribution in [1.82, 2.24) is 4.90 Å². The Morgan fingerprint density at radius 1 is 1.42 bits per heavy atom. The van der Waals surface area contributed by atoms with E-state index in [1.807, 2.05) is 36.6 Å². The van der Waals surface area contributed by atoms with E-state index < -0.39 is 0 Å². The van der Waals surface area contributed by atoms with Crippen LogP contribution in [0.4, 0.5) is 0 Å². The van der Waals surface area contributed by atoms with E-state index in [0.29, 0.717) is 9.90 Å². The van der Waals surface area contributed by atoms with Crippen LogP contribution in [0.25, 0.3) is 0 Å². The van der Waals surface area contributed by atoms with Crippen molar-refractivity contribution in [3.05, 3.63) is 51.2 Å². The fourth-order valence-corrected chi connectivity index (χ4v) is 3.11. The lowest BCUT2D eigenvalue weighted by Crippen LogP contribution is -2.29. The van der Waals surface area contributed by atoms with E-state index in [1.165, 1.54) is 11.3 Å². The smallest absolute Gasteiger partial charge is 0.264 e. The van der Waals surface area contributed by atoms with Gasteiger partial charge in [-0.05, 0) is 30.7 Å². The third-order valence-corrected chi connectivity index (χ3v) is 4.61. The van der Waals surface area contributed by atoms with Crippen LogP contribution in [0.5, 0.6) is 0 Å². The predicted molar refractivity (Wildman–Crippen MR) is 83.5 cm³/mol. The number of amides is 1. The number of nitrogens with zero attached hydrogens (tertiary/aromatic N) is 1. The van der Waals surface area contributed by atoms with Gasteiger partial charge in [-0.15, -0.1) is 24.0 Å². The van der Waals surface area contributed by atoms with Crippen LogP contribution in [0.1, 0.15) is 28.2 Å². The number of carbonyl (C=O) groups is 1. The fourth-order valence-electron chi connectivity index (χ4n) is 1.78. The largest absolute Gasteiger partial charge is 0.334 e. The molecule has 0 bridgehead atoms. The lowest BCUT2D eigenvalue weighted by Gasteiger charge is -2.25. The second-order valence-electron chi connectivity index (χ2n) is 4.32. The summed E-state index contributed by atoms with van der Waals surface area (Å²) >= 11 is 11.6. The molecule has 19 heavy (non-hydrogen) atoms. The van der Waals surface area contributed by atoms with Crippen LogP contribution < -0.4 is 0 Å². The van der Waals surface area contributed by atoms with Crippen LogP contribution in [0.3, 0.4) is 0 Å². The molecule has 5 heteroatoms. The quantitative estimate of drug-likeness (QED) is 0.826. The van der Waals surface area contributed by atoms with Crippen LogP contribution in [-0.4, -0.2) is 17.9 Å². The first-order valence-corrected chi connectivity index (χ1v) is 7.49. The van der Waals surface area contributed by atoms with Crippen molar-refractivity contribution in [3.63, 3.8) is 0 Å². The first kappa shape index (κ1) is 14.4. The molecule has 2 nitrogen and oxygen atoms in total. The summed E-state index contributed by atoms with van der Waals surface area (Å²) in [4.78, 5) is 15.6. The highest BCUT2D eigenvalue weighted by molar-refractivity contribution is 7.80. The van der Waals surface area contributed by atoms with Gasteiger partial charge in [0.1, 0.15) is 0 Å². The molecule has 0 aliphatic carbocycles. The number of thiol groups is 1. The van der Waals surface area contributed by atoms with Crippen LogP contribution in [0.2, 0.25) is 5.02 Å². The topological polar surface area (TPSA) is 20.3 Å². The summed E-state index contributed by atoms with van der Waals surface area (Å²) in [5.41, 5.74) is 1.02. The molecule has 1 aromatic carbocycles. The molecule has 1 aromatic heterocycles. The van der Waals surface area contributed by atoms with E-state index in [4.69, 9.17) is 11.6 Å². The number of rotatable bonds is 3. The van der Waals surface area contributed by atoms with Crippen molar-refractivity contribution >= 4 is 41.5 Å². The summed E-state index contributed by atoms with van der Waals surface area (Å²) in [5.74, 6) is -0.00206. The Kier molecular flexibility index (Phi) is 4.55. The normalized spacial score (nSPS) is 12.2. The molecule has 1 atom stereocenters. The molecule has 1 unspecified atom stereocenters. The number of thiophene rings is 1. The first-order chi connectivity index (χ1) is 8.99. The lowest BCUT2D eigenvalue weighted by atomic mass is 10.1. The van der Waals surface area contributed by atoms with Gasteiger partial charge in [-0.1, -0.05) is 23.7 Å². The Labute approximate surface area is 127 Å². The van der Waals surface area contributed by atoms with Crippen molar-refractivity contribution in [2.75, 3.05) is 7.05 Å². The highest BCUT2D eigenvalue weighted by atomic mass is 35.5. The molecule has 0 aliphatic rings. The zero-order valence-electron chi connectivity index (χ0n) is 10.6. The van der Waals surface area contributed by atoms with Crippen LogP contribution in [0.15, 0.2) is 40.6 Å². The summed E-state index contributed by atoms with van der Waals surface area (Å²) in [6.45, 7) is 1.98. The number of hydrogen-bond donors (Lipinski definition) is 1. The van der Waals surface area contributed by atoms with E-state index in [1.54, 1.807) is 18.0 Å². The van der Waals surface area contributed by atoms with E-state index in [9.17, 15) is 4.79 Å². The predicted octanol–water partition coefficient (Wildman–Crippen LogP) is 4.52. The zero-order valence-corrected chi connectivity index (χ0v) is 13.1. The molecule has 0 N–H and O–H groups in total. The standard InChI is InChI=1S/C14H14ClNOS2/c1-9(10-4-3-5-11(15)6-10)16(2)14(17)13-7-12(18)8-19-13/h3-9,18H,1-2H3. The summed E-state index contributed by atoms with van der Waals surface area (Å²) in [5, 5.41) is 2.53. The summed E-state index contributed by atoms with van der Waals surface area (Å²) in [6.07, 6.45) is 0. The molecule has 100 valence electrons. The molecule has 0 spiro atoms. The number of benzene rings is 1. The summed E-state index contributed by atoms with van der Waals surface area (Å²) in [7, 11) is 1.80. The van der Waals surface area contributed by atoms with Gasteiger partial charge in [0.2, 0.25) is 0 Å². The number of halogens is 1. The summed E-state index contributed by atoms with van der Waals surface area (Å²) in [6, 6.07) is 9.33. The fraction of sp³-hybridized carbons (Fsp3) is 0.214. The Morgan fingerprint density at radius 2 is 2.16 bits per heavy atom. The Bertz CT molecular complexity index is 597. The first-order valence-electron chi connectivity index (χ1n) is 5.79. The van der Waals surface area contributed by atoms with Gasteiger partial charge >= 0.3 is 0 Å². The molecule has 0 saturated heterocycles. The maximum Gasteiger partial charge on any atom is 0.264 e. The Morgan fingerprint density at radius 3 is 2.74 bits per heavy atom. The van der Waals surface area contributed by atoms with Crippen molar-refractivity contribution in [1.29, 1.82) is 0 Å². The van der Waals surface area contributed by atoms with Gasteiger partial charge in [0.05, 0.1) is 10.9 Å². The molecule has 1 heterocycles. The molecular formula is C14H14ClNOS2. The average Bonchev–Trinajstić information content (AvgIpc) is 2.83. The monoisotopic (exact) mass is 311 g/mol. The Balaban J connectivity index is 2.19. The third kappa shape index (κ3) is 3.32. The van der Waals surface area contributed by atoms with Gasteiger partial charge in [-0.3, -0.25) is 4.79 Å². The molecule has 0 fully saturated rings. The molecule has 1 amide bonds. The molecular weight excluding hydrogens is 298 g/mol. The number of carbonyl (C=O) groups excluding carboxylic acids is 1. The SMILES string of the molecule is CC(c1cccc(Cl)c1)N(C)C(=O)c1cc(S)cs1. The maximum atomic E-state index is 12.3. The highest BCUT2D eigenvalue weighted by Crippen LogP contribution is 2.25. The minimum Gasteiger partial charge on any atom is -0.334 e. The minimum absolute atomic E-state index is 0.00206. The molecule has 0 radical (unpaired) electrons.